The summed E-state index contributed by atoms with van der Waals surface area (Å²) in [5.41, 5.74) is 2.96. The first-order valence-corrected chi connectivity index (χ1v) is 9.05. The molecule has 0 saturated carbocycles. The molecule has 3 aromatic rings. The average Bonchev–Trinajstić information content (AvgIpc) is 3.20. The van der Waals surface area contributed by atoms with E-state index in [1.54, 1.807) is 41.1 Å². The van der Waals surface area contributed by atoms with Crippen LogP contribution in [0.25, 0.3) is 11.8 Å². The first-order valence-electron chi connectivity index (χ1n) is 9.05. The van der Waals surface area contributed by atoms with E-state index in [0.717, 1.165) is 12.0 Å². The van der Waals surface area contributed by atoms with Crippen LogP contribution < -0.4 is 5.32 Å². The van der Waals surface area contributed by atoms with Crippen molar-refractivity contribution in [3.8, 4) is 11.8 Å². The number of carbonyl (C=O) groups is 2. The molecular formula is C23H19N3O3. The van der Waals surface area contributed by atoms with E-state index in [2.05, 4.69) is 5.32 Å². The normalized spacial score (nSPS) is 11.0. The van der Waals surface area contributed by atoms with E-state index < -0.39 is 11.9 Å². The van der Waals surface area contributed by atoms with Gasteiger partial charge in [0.25, 0.3) is 5.91 Å². The third-order valence-electron chi connectivity index (χ3n) is 4.46. The lowest BCUT2D eigenvalue weighted by Crippen LogP contribution is -2.15. The Hall–Kier alpha value is -4.11. The van der Waals surface area contributed by atoms with Crippen LogP contribution in [-0.4, -0.2) is 21.6 Å². The summed E-state index contributed by atoms with van der Waals surface area (Å²) in [6, 6.07) is 19.3. The van der Waals surface area contributed by atoms with E-state index in [1.807, 2.05) is 31.2 Å². The molecule has 0 aliphatic carbocycles. The molecule has 6 heteroatoms. The van der Waals surface area contributed by atoms with Gasteiger partial charge < -0.3 is 15.0 Å². The van der Waals surface area contributed by atoms with E-state index in [9.17, 15) is 20.0 Å². The van der Waals surface area contributed by atoms with Crippen LogP contribution in [0.3, 0.4) is 0 Å². The SMILES string of the molecule is CCc1ccccc1NC(=O)/C(C#N)=C/c1cccn1-c1cccc(C(=O)O)c1. The van der Waals surface area contributed by atoms with Crippen LogP contribution in [0, 0.1) is 11.3 Å². The first kappa shape index (κ1) is 19.6. The largest absolute Gasteiger partial charge is 0.478 e. The number of para-hydroxylation sites is 1. The number of aromatic carboxylic acids is 1. The zero-order chi connectivity index (χ0) is 20.8. The summed E-state index contributed by atoms with van der Waals surface area (Å²) >= 11 is 0. The Bertz CT molecular complexity index is 1140. The Balaban J connectivity index is 1.92. The molecule has 0 aliphatic rings. The van der Waals surface area contributed by atoms with E-state index in [-0.39, 0.29) is 11.1 Å². The number of aromatic nitrogens is 1. The molecule has 0 saturated heterocycles. The zero-order valence-electron chi connectivity index (χ0n) is 15.8. The van der Waals surface area contributed by atoms with Gasteiger partial charge in [0.1, 0.15) is 11.6 Å². The molecule has 2 aromatic carbocycles. The molecule has 3 rings (SSSR count). The van der Waals surface area contributed by atoms with Crippen molar-refractivity contribution in [2.75, 3.05) is 5.32 Å². The highest BCUT2D eigenvalue weighted by molar-refractivity contribution is 6.09. The summed E-state index contributed by atoms with van der Waals surface area (Å²) in [7, 11) is 0. The molecule has 0 unspecified atom stereocenters. The number of amides is 1. The van der Waals surface area contributed by atoms with Crippen molar-refractivity contribution in [2.24, 2.45) is 0 Å². The highest BCUT2D eigenvalue weighted by Gasteiger charge is 2.13. The summed E-state index contributed by atoms with van der Waals surface area (Å²) in [4.78, 5) is 23.9. The molecule has 0 bridgehead atoms. The minimum absolute atomic E-state index is 0.0507. The Morgan fingerprint density at radius 2 is 1.93 bits per heavy atom. The number of hydrogen-bond donors (Lipinski definition) is 2. The number of nitriles is 1. The molecule has 6 nitrogen and oxygen atoms in total. The van der Waals surface area contributed by atoms with Crippen LogP contribution in [0.4, 0.5) is 5.69 Å². The Morgan fingerprint density at radius 3 is 2.66 bits per heavy atom. The summed E-state index contributed by atoms with van der Waals surface area (Å²) in [6.45, 7) is 1.99. The van der Waals surface area contributed by atoms with Crippen molar-refractivity contribution in [3.63, 3.8) is 0 Å². The number of rotatable bonds is 6. The number of nitrogens with zero attached hydrogens (tertiary/aromatic N) is 2. The van der Waals surface area contributed by atoms with E-state index >= 15 is 0 Å². The lowest BCUT2D eigenvalue weighted by molar-refractivity contribution is -0.112. The molecule has 1 heterocycles. The number of nitrogens with one attached hydrogen (secondary N) is 1. The van der Waals surface area contributed by atoms with Gasteiger partial charge in [0, 0.05) is 23.3 Å². The standard InChI is InChI=1S/C23H19N3O3/c1-2-16-7-3-4-11-21(16)25-22(27)18(15-24)14-20-10-6-12-26(20)19-9-5-8-17(13-19)23(28)29/h3-14H,2H2,1H3,(H,25,27)(H,28,29)/b18-14+. The second-order valence-corrected chi connectivity index (χ2v) is 6.29. The monoisotopic (exact) mass is 385 g/mol. The van der Waals surface area contributed by atoms with Gasteiger partial charge in [-0.2, -0.15) is 5.26 Å². The van der Waals surface area contributed by atoms with Crippen LogP contribution >= 0.6 is 0 Å². The number of benzene rings is 2. The summed E-state index contributed by atoms with van der Waals surface area (Å²) in [5.74, 6) is -1.52. The van der Waals surface area contributed by atoms with Gasteiger partial charge in [0.05, 0.1) is 5.56 Å². The highest BCUT2D eigenvalue weighted by atomic mass is 16.4. The van der Waals surface area contributed by atoms with Gasteiger partial charge >= 0.3 is 5.97 Å². The molecule has 1 aromatic heterocycles. The molecular weight excluding hydrogens is 366 g/mol. The molecule has 1 amide bonds. The molecule has 0 aliphatic heterocycles. The van der Waals surface area contributed by atoms with Crippen LogP contribution in [0.1, 0.15) is 28.5 Å². The maximum Gasteiger partial charge on any atom is 0.335 e. The molecule has 0 radical (unpaired) electrons. The van der Waals surface area contributed by atoms with Gasteiger partial charge in [-0.15, -0.1) is 0 Å². The Kier molecular flexibility index (Phi) is 5.91. The minimum Gasteiger partial charge on any atom is -0.478 e. The van der Waals surface area contributed by atoms with Gasteiger partial charge in [0.15, 0.2) is 0 Å². The molecule has 29 heavy (non-hydrogen) atoms. The molecule has 0 fully saturated rings. The van der Waals surface area contributed by atoms with E-state index in [4.69, 9.17) is 0 Å². The number of anilines is 1. The zero-order valence-corrected chi connectivity index (χ0v) is 15.8. The van der Waals surface area contributed by atoms with Gasteiger partial charge in [-0.3, -0.25) is 4.79 Å². The lowest BCUT2D eigenvalue weighted by Gasteiger charge is -2.10. The number of aryl methyl sites for hydroxylation is 1. The average molecular weight is 385 g/mol. The fraction of sp³-hybridized carbons (Fsp3) is 0.0870. The number of hydrogen-bond acceptors (Lipinski definition) is 3. The van der Waals surface area contributed by atoms with Gasteiger partial charge in [0.2, 0.25) is 0 Å². The van der Waals surface area contributed by atoms with Crippen LogP contribution in [0.2, 0.25) is 0 Å². The van der Waals surface area contributed by atoms with Gasteiger partial charge in [-0.25, -0.2) is 4.79 Å². The van der Waals surface area contributed by atoms with Crippen LogP contribution in [0.5, 0.6) is 0 Å². The topological polar surface area (TPSA) is 95.1 Å². The molecule has 2 N–H and O–H groups in total. The van der Waals surface area contributed by atoms with E-state index in [1.165, 1.54) is 18.2 Å². The summed E-state index contributed by atoms with van der Waals surface area (Å²) < 4.78 is 1.72. The maximum absolute atomic E-state index is 12.6. The van der Waals surface area contributed by atoms with Crippen LogP contribution in [0.15, 0.2) is 72.4 Å². The predicted octanol–water partition coefficient (Wildman–Crippen LogP) is 4.28. The third-order valence-corrected chi connectivity index (χ3v) is 4.46. The van der Waals surface area contributed by atoms with Crippen LogP contribution in [-0.2, 0) is 11.2 Å². The second kappa shape index (κ2) is 8.72. The van der Waals surface area contributed by atoms with Gasteiger partial charge in [-0.05, 0) is 54.5 Å². The second-order valence-electron chi connectivity index (χ2n) is 6.29. The molecule has 144 valence electrons. The maximum atomic E-state index is 12.6. The fourth-order valence-electron chi connectivity index (χ4n) is 2.97. The minimum atomic E-state index is -1.03. The van der Waals surface area contributed by atoms with Crippen molar-refractivity contribution >= 4 is 23.6 Å². The van der Waals surface area contributed by atoms with Crippen molar-refractivity contribution in [1.82, 2.24) is 4.57 Å². The third kappa shape index (κ3) is 4.42. The molecule has 0 atom stereocenters. The number of carboxylic acids is 1. The lowest BCUT2D eigenvalue weighted by atomic mass is 10.1. The Morgan fingerprint density at radius 1 is 1.14 bits per heavy atom. The molecule has 0 spiro atoms. The van der Waals surface area contributed by atoms with Crippen molar-refractivity contribution in [2.45, 2.75) is 13.3 Å². The van der Waals surface area contributed by atoms with Crippen molar-refractivity contribution in [1.29, 1.82) is 5.26 Å². The fourth-order valence-corrected chi connectivity index (χ4v) is 2.97. The van der Waals surface area contributed by atoms with Gasteiger partial charge in [-0.1, -0.05) is 31.2 Å². The van der Waals surface area contributed by atoms with E-state index in [0.29, 0.717) is 17.1 Å². The smallest absolute Gasteiger partial charge is 0.335 e. The predicted molar refractivity (Wildman–Crippen MR) is 111 cm³/mol. The highest BCUT2D eigenvalue weighted by Crippen LogP contribution is 2.19. The number of carboxylic acid groups (broad SMARTS) is 1. The first-order chi connectivity index (χ1) is 14.0. The van der Waals surface area contributed by atoms with Crippen molar-refractivity contribution < 1.29 is 14.7 Å². The quantitative estimate of drug-likeness (QED) is 0.489. The summed E-state index contributed by atoms with van der Waals surface area (Å²) in [5, 5.41) is 21.5. The number of carbonyl (C=O) groups excluding carboxylic acids is 1. The summed E-state index contributed by atoms with van der Waals surface area (Å²) in [6.07, 6.45) is 3.98. The van der Waals surface area contributed by atoms with Crippen molar-refractivity contribution in [3.05, 3.63) is 89.3 Å². The Labute approximate surface area is 168 Å².